The molecule has 0 aromatic carbocycles. The summed E-state index contributed by atoms with van der Waals surface area (Å²) >= 11 is 0. The molecule has 0 heterocycles. The predicted molar refractivity (Wildman–Crippen MR) is 60.1 cm³/mol. The molecule has 1 aliphatic rings. The molecule has 3 atom stereocenters. The van der Waals surface area contributed by atoms with E-state index < -0.39 is 23.5 Å². The summed E-state index contributed by atoms with van der Waals surface area (Å²) in [6.45, 7) is 7.40. The van der Waals surface area contributed by atoms with Crippen molar-refractivity contribution in [2.24, 2.45) is 11.3 Å². The van der Waals surface area contributed by atoms with Crippen LogP contribution >= 0.6 is 0 Å². The normalized spacial score (nSPS) is 25.8. The van der Waals surface area contributed by atoms with E-state index in [1.54, 1.807) is 20.8 Å². The Morgan fingerprint density at radius 3 is 2.19 bits per heavy atom. The molecular weight excluding hydrogens is 208 g/mol. The molecule has 0 radical (unpaired) electrons. The number of hydrogen-bond acceptors (Lipinski definition) is 2. The molecule has 5 nitrogen and oxygen atoms in total. The molecular formula is C11H20N2O3. The lowest BCUT2D eigenvalue weighted by Crippen LogP contribution is -2.52. The lowest BCUT2D eigenvalue weighted by Gasteiger charge is -2.27. The molecule has 1 rings (SSSR count). The highest BCUT2D eigenvalue weighted by Gasteiger charge is 2.36. The van der Waals surface area contributed by atoms with Gasteiger partial charge in [0.05, 0.1) is 0 Å². The Morgan fingerprint density at radius 2 is 1.88 bits per heavy atom. The van der Waals surface area contributed by atoms with Gasteiger partial charge in [-0.3, -0.25) is 0 Å². The first-order chi connectivity index (χ1) is 7.21. The number of urea groups is 1. The predicted octanol–water partition coefficient (Wildman–Crippen LogP) is 1.19. The van der Waals surface area contributed by atoms with Crippen molar-refractivity contribution >= 4 is 12.0 Å². The molecule has 0 spiro atoms. The maximum Gasteiger partial charge on any atom is 0.326 e. The third-order valence-electron chi connectivity index (χ3n) is 2.81. The molecule has 0 aromatic rings. The summed E-state index contributed by atoms with van der Waals surface area (Å²) in [5, 5.41) is 14.3. The first kappa shape index (κ1) is 12.8. The zero-order chi connectivity index (χ0) is 12.5. The van der Waals surface area contributed by atoms with Gasteiger partial charge < -0.3 is 15.7 Å². The summed E-state index contributed by atoms with van der Waals surface area (Å²) in [5.74, 6) is -0.504. The molecule has 2 unspecified atom stereocenters. The van der Waals surface area contributed by atoms with Crippen molar-refractivity contribution in [2.75, 3.05) is 0 Å². The van der Waals surface area contributed by atoms with Crippen LogP contribution < -0.4 is 10.6 Å². The van der Waals surface area contributed by atoms with E-state index >= 15 is 0 Å². The van der Waals surface area contributed by atoms with Gasteiger partial charge in [-0.25, -0.2) is 9.59 Å². The number of rotatable bonds is 3. The smallest absolute Gasteiger partial charge is 0.326 e. The first-order valence-corrected chi connectivity index (χ1v) is 5.51. The highest BCUT2D eigenvalue weighted by molar-refractivity contribution is 5.83. The average Bonchev–Trinajstić information content (AvgIpc) is 2.75. The molecule has 1 aliphatic carbocycles. The number of carboxylic acid groups (broad SMARTS) is 1. The van der Waals surface area contributed by atoms with Gasteiger partial charge in [-0.2, -0.15) is 0 Å². The van der Waals surface area contributed by atoms with Gasteiger partial charge >= 0.3 is 12.0 Å². The van der Waals surface area contributed by atoms with E-state index in [1.807, 2.05) is 6.92 Å². The van der Waals surface area contributed by atoms with Crippen LogP contribution in [0.3, 0.4) is 0 Å². The summed E-state index contributed by atoms with van der Waals surface area (Å²) in [6, 6.07) is -1.06. The summed E-state index contributed by atoms with van der Waals surface area (Å²) in [6.07, 6.45) is 0.973. The van der Waals surface area contributed by atoms with Gasteiger partial charge in [-0.1, -0.05) is 27.7 Å². The fourth-order valence-electron chi connectivity index (χ4n) is 1.51. The molecule has 0 aliphatic heterocycles. The van der Waals surface area contributed by atoms with E-state index in [0.29, 0.717) is 5.92 Å². The maximum absolute atomic E-state index is 11.5. The largest absolute Gasteiger partial charge is 0.480 e. The third kappa shape index (κ3) is 3.40. The van der Waals surface area contributed by atoms with Gasteiger partial charge in [-0.05, 0) is 17.8 Å². The lowest BCUT2D eigenvalue weighted by atomic mass is 9.87. The van der Waals surface area contributed by atoms with Crippen LogP contribution in [0.25, 0.3) is 0 Å². The number of carbonyl (C=O) groups is 2. The van der Waals surface area contributed by atoms with Crippen LogP contribution in [-0.4, -0.2) is 29.2 Å². The Bertz CT molecular complexity index is 296. The number of carboxylic acids is 1. The van der Waals surface area contributed by atoms with E-state index in [1.165, 1.54) is 0 Å². The summed E-state index contributed by atoms with van der Waals surface area (Å²) in [4.78, 5) is 22.5. The molecule has 1 fully saturated rings. The number of hydrogen-bond donors (Lipinski definition) is 3. The Balaban J connectivity index is 2.48. The zero-order valence-electron chi connectivity index (χ0n) is 10.2. The summed E-state index contributed by atoms with van der Waals surface area (Å²) < 4.78 is 0. The fraction of sp³-hybridized carbons (Fsp3) is 0.818. The minimum Gasteiger partial charge on any atom is -0.480 e. The molecule has 0 aromatic heterocycles. The maximum atomic E-state index is 11.5. The number of nitrogens with one attached hydrogen (secondary N) is 2. The van der Waals surface area contributed by atoms with Crippen LogP contribution in [0.5, 0.6) is 0 Å². The molecule has 0 saturated heterocycles. The molecule has 92 valence electrons. The first-order valence-electron chi connectivity index (χ1n) is 5.51. The van der Waals surface area contributed by atoms with Crippen molar-refractivity contribution in [2.45, 2.75) is 46.2 Å². The minimum absolute atomic E-state index is 0.203. The highest BCUT2D eigenvalue weighted by atomic mass is 16.4. The molecule has 3 N–H and O–H groups in total. The van der Waals surface area contributed by atoms with Crippen molar-refractivity contribution in [1.82, 2.24) is 10.6 Å². The average molecular weight is 228 g/mol. The number of aliphatic carboxylic acids is 1. The van der Waals surface area contributed by atoms with Crippen molar-refractivity contribution in [3.05, 3.63) is 0 Å². The van der Waals surface area contributed by atoms with E-state index in [2.05, 4.69) is 10.6 Å². The second kappa shape index (κ2) is 4.31. The number of carbonyl (C=O) groups excluding carboxylic acids is 1. The van der Waals surface area contributed by atoms with Crippen molar-refractivity contribution < 1.29 is 14.7 Å². The van der Waals surface area contributed by atoms with Crippen LogP contribution in [0.4, 0.5) is 4.79 Å². The van der Waals surface area contributed by atoms with Gasteiger partial charge in [0.2, 0.25) is 0 Å². The van der Waals surface area contributed by atoms with Crippen molar-refractivity contribution in [1.29, 1.82) is 0 Å². The molecule has 5 heteroatoms. The van der Waals surface area contributed by atoms with E-state index in [9.17, 15) is 9.59 Å². The van der Waals surface area contributed by atoms with Crippen LogP contribution in [-0.2, 0) is 4.79 Å². The number of amides is 2. The second-order valence-corrected chi connectivity index (χ2v) is 5.57. The fourth-order valence-corrected chi connectivity index (χ4v) is 1.51. The van der Waals surface area contributed by atoms with E-state index in [0.717, 1.165) is 6.42 Å². The van der Waals surface area contributed by atoms with Crippen molar-refractivity contribution in [3.8, 4) is 0 Å². The van der Waals surface area contributed by atoms with Gasteiger partial charge in [0, 0.05) is 6.04 Å². The van der Waals surface area contributed by atoms with E-state index in [4.69, 9.17) is 5.11 Å². The third-order valence-corrected chi connectivity index (χ3v) is 2.81. The van der Waals surface area contributed by atoms with Crippen LogP contribution in [0, 0.1) is 11.3 Å². The van der Waals surface area contributed by atoms with Gasteiger partial charge in [0.1, 0.15) is 6.04 Å². The van der Waals surface area contributed by atoms with Gasteiger partial charge in [0.25, 0.3) is 0 Å². The molecule has 1 saturated carbocycles. The van der Waals surface area contributed by atoms with Crippen molar-refractivity contribution in [3.63, 3.8) is 0 Å². The minimum atomic E-state index is -1.01. The second-order valence-electron chi connectivity index (χ2n) is 5.57. The molecule has 2 amide bonds. The Morgan fingerprint density at radius 1 is 1.38 bits per heavy atom. The quantitative estimate of drug-likeness (QED) is 0.679. The monoisotopic (exact) mass is 228 g/mol. The summed E-state index contributed by atoms with van der Waals surface area (Å²) in [5.41, 5.74) is -0.502. The van der Waals surface area contributed by atoms with Crippen LogP contribution in [0.1, 0.15) is 34.1 Å². The molecule has 16 heavy (non-hydrogen) atoms. The highest BCUT2D eigenvalue weighted by Crippen LogP contribution is 2.28. The Labute approximate surface area is 95.6 Å². The van der Waals surface area contributed by atoms with E-state index in [-0.39, 0.29) is 6.04 Å². The van der Waals surface area contributed by atoms with Gasteiger partial charge in [-0.15, -0.1) is 0 Å². The Kier molecular flexibility index (Phi) is 3.45. The topological polar surface area (TPSA) is 78.4 Å². The SMILES string of the molecule is CC1CC1NC(=O)N[C@@H](C(=O)O)C(C)(C)C. The Hall–Kier alpha value is -1.26. The summed E-state index contributed by atoms with van der Waals surface area (Å²) in [7, 11) is 0. The standard InChI is InChI=1S/C11H20N2O3/c1-6-5-7(6)12-10(16)13-8(9(14)15)11(2,3)4/h6-8H,5H2,1-4H3,(H,14,15)(H2,12,13,16)/t6?,7?,8-/m0/s1. The molecule has 0 bridgehead atoms. The van der Waals surface area contributed by atoms with Gasteiger partial charge in [0.15, 0.2) is 0 Å². The zero-order valence-corrected chi connectivity index (χ0v) is 10.2. The van der Waals surface area contributed by atoms with Crippen LogP contribution in [0.2, 0.25) is 0 Å². The van der Waals surface area contributed by atoms with Crippen LogP contribution in [0.15, 0.2) is 0 Å². The lowest BCUT2D eigenvalue weighted by molar-refractivity contribution is -0.141.